The van der Waals surface area contributed by atoms with Crippen LogP contribution in [0.2, 0.25) is 0 Å². The molecule has 2 aromatic rings. The minimum atomic E-state index is 0. The SMILES string of the molecule is CCNC(=NCCc1ccccc1OC)NCCc1ccc(OC)cc1.I. The number of para-hydroxylation sites is 1. The number of ether oxygens (including phenoxy) is 2. The molecule has 5 nitrogen and oxygen atoms in total. The third-order valence-electron chi connectivity index (χ3n) is 4.05. The average molecular weight is 483 g/mol. The van der Waals surface area contributed by atoms with Crippen molar-refractivity contribution in [2.45, 2.75) is 19.8 Å². The lowest BCUT2D eigenvalue weighted by atomic mass is 10.1. The van der Waals surface area contributed by atoms with E-state index in [1.54, 1.807) is 14.2 Å². The fourth-order valence-electron chi connectivity index (χ4n) is 2.66. The van der Waals surface area contributed by atoms with Gasteiger partial charge in [0.15, 0.2) is 5.96 Å². The molecule has 0 spiro atoms. The van der Waals surface area contributed by atoms with E-state index in [0.717, 1.165) is 43.4 Å². The second kappa shape index (κ2) is 13.2. The summed E-state index contributed by atoms with van der Waals surface area (Å²) in [7, 11) is 3.38. The molecule has 0 aliphatic carbocycles. The van der Waals surface area contributed by atoms with Gasteiger partial charge >= 0.3 is 0 Å². The van der Waals surface area contributed by atoms with Gasteiger partial charge in [-0.1, -0.05) is 30.3 Å². The number of benzene rings is 2. The second-order valence-corrected chi connectivity index (χ2v) is 5.85. The first-order valence-corrected chi connectivity index (χ1v) is 9.03. The van der Waals surface area contributed by atoms with Crippen LogP contribution in [-0.4, -0.2) is 39.8 Å². The van der Waals surface area contributed by atoms with Crippen molar-refractivity contribution in [2.75, 3.05) is 33.9 Å². The molecule has 0 saturated heterocycles. The third-order valence-corrected chi connectivity index (χ3v) is 4.05. The van der Waals surface area contributed by atoms with E-state index >= 15 is 0 Å². The van der Waals surface area contributed by atoms with Crippen molar-refractivity contribution in [3.63, 3.8) is 0 Å². The molecule has 0 fully saturated rings. The van der Waals surface area contributed by atoms with E-state index in [1.807, 2.05) is 30.3 Å². The van der Waals surface area contributed by atoms with Crippen LogP contribution in [0.25, 0.3) is 0 Å². The van der Waals surface area contributed by atoms with Crippen molar-refractivity contribution >= 4 is 29.9 Å². The average Bonchev–Trinajstić information content (AvgIpc) is 2.69. The van der Waals surface area contributed by atoms with E-state index in [4.69, 9.17) is 9.47 Å². The molecule has 0 radical (unpaired) electrons. The number of methoxy groups -OCH3 is 2. The van der Waals surface area contributed by atoms with Crippen LogP contribution in [-0.2, 0) is 12.8 Å². The first kappa shape index (κ1) is 23.1. The Balaban J connectivity index is 0.00000364. The van der Waals surface area contributed by atoms with Crippen LogP contribution >= 0.6 is 24.0 Å². The van der Waals surface area contributed by atoms with Crippen molar-refractivity contribution < 1.29 is 9.47 Å². The van der Waals surface area contributed by atoms with E-state index in [-0.39, 0.29) is 24.0 Å². The van der Waals surface area contributed by atoms with Gasteiger partial charge in [0.1, 0.15) is 11.5 Å². The van der Waals surface area contributed by atoms with Crippen LogP contribution in [0.4, 0.5) is 0 Å². The summed E-state index contributed by atoms with van der Waals surface area (Å²) in [4.78, 5) is 4.66. The van der Waals surface area contributed by atoms with Gasteiger partial charge in [-0.2, -0.15) is 0 Å². The minimum absolute atomic E-state index is 0. The highest BCUT2D eigenvalue weighted by Gasteiger charge is 2.02. The molecule has 0 amide bonds. The highest BCUT2D eigenvalue weighted by Crippen LogP contribution is 2.17. The number of guanidine groups is 1. The highest BCUT2D eigenvalue weighted by molar-refractivity contribution is 14.0. The summed E-state index contributed by atoms with van der Waals surface area (Å²) >= 11 is 0. The molecule has 0 unspecified atom stereocenters. The van der Waals surface area contributed by atoms with Gasteiger partial charge < -0.3 is 20.1 Å². The molecule has 0 aromatic heterocycles. The number of nitrogens with one attached hydrogen (secondary N) is 2. The molecule has 0 atom stereocenters. The zero-order valence-electron chi connectivity index (χ0n) is 16.3. The minimum Gasteiger partial charge on any atom is -0.497 e. The molecule has 0 bridgehead atoms. The molecule has 0 heterocycles. The van der Waals surface area contributed by atoms with Gasteiger partial charge in [-0.25, -0.2) is 0 Å². The summed E-state index contributed by atoms with van der Waals surface area (Å²) in [6.45, 7) is 4.44. The molecule has 148 valence electrons. The normalized spacial score (nSPS) is 10.7. The number of aliphatic imine (C=N–C) groups is 1. The Morgan fingerprint density at radius 1 is 0.926 bits per heavy atom. The summed E-state index contributed by atoms with van der Waals surface area (Å²) in [6.07, 6.45) is 1.78. The summed E-state index contributed by atoms with van der Waals surface area (Å²) in [5.74, 6) is 2.64. The van der Waals surface area contributed by atoms with Gasteiger partial charge in [-0.15, -0.1) is 24.0 Å². The molecule has 2 aromatic carbocycles. The Morgan fingerprint density at radius 2 is 1.67 bits per heavy atom. The molecular weight excluding hydrogens is 453 g/mol. The lowest BCUT2D eigenvalue weighted by Crippen LogP contribution is -2.38. The van der Waals surface area contributed by atoms with E-state index in [2.05, 4.69) is 40.7 Å². The summed E-state index contributed by atoms with van der Waals surface area (Å²) in [5, 5.41) is 6.68. The zero-order chi connectivity index (χ0) is 18.6. The maximum Gasteiger partial charge on any atom is 0.191 e. The van der Waals surface area contributed by atoms with Crippen LogP contribution in [0.1, 0.15) is 18.1 Å². The van der Waals surface area contributed by atoms with Crippen LogP contribution in [0.15, 0.2) is 53.5 Å². The standard InChI is InChI=1S/C21H29N3O2.HI/c1-4-22-21(23-15-13-17-9-11-19(25-2)12-10-17)24-16-14-18-7-5-6-8-20(18)26-3;/h5-12H,4,13-16H2,1-3H3,(H2,22,23,24);1H. The largest absolute Gasteiger partial charge is 0.497 e. The maximum absolute atomic E-state index is 5.39. The lowest BCUT2D eigenvalue weighted by molar-refractivity contribution is 0.410. The van der Waals surface area contributed by atoms with Gasteiger partial charge in [0.25, 0.3) is 0 Å². The molecule has 0 aliphatic heterocycles. The first-order chi connectivity index (χ1) is 12.8. The topological polar surface area (TPSA) is 54.9 Å². The number of hydrogen-bond acceptors (Lipinski definition) is 3. The van der Waals surface area contributed by atoms with E-state index in [1.165, 1.54) is 11.1 Å². The Morgan fingerprint density at radius 3 is 2.33 bits per heavy atom. The van der Waals surface area contributed by atoms with Gasteiger partial charge in [0.2, 0.25) is 0 Å². The Bertz CT molecular complexity index is 690. The molecule has 0 aliphatic rings. The van der Waals surface area contributed by atoms with Gasteiger partial charge in [-0.3, -0.25) is 4.99 Å². The Hall–Kier alpha value is -1.96. The predicted octanol–water partition coefficient (Wildman–Crippen LogP) is 3.66. The first-order valence-electron chi connectivity index (χ1n) is 9.03. The second-order valence-electron chi connectivity index (χ2n) is 5.85. The predicted molar refractivity (Wildman–Crippen MR) is 123 cm³/mol. The molecule has 0 saturated carbocycles. The van der Waals surface area contributed by atoms with Crippen LogP contribution in [0.3, 0.4) is 0 Å². The van der Waals surface area contributed by atoms with Crippen LogP contribution in [0.5, 0.6) is 11.5 Å². The number of rotatable bonds is 9. The summed E-state index contributed by atoms with van der Waals surface area (Å²) in [6, 6.07) is 16.2. The number of nitrogens with zero attached hydrogens (tertiary/aromatic N) is 1. The van der Waals surface area contributed by atoms with Crippen LogP contribution in [0, 0.1) is 0 Å². The smallest absolute Gasteiger partial charge is 0.191 e. The molecule has 27 heavy (non-hydrogen) atoms. The number of halogens is 1. The highest BCUT2D eigenvalue weighted by atomic mass is 127. The van der Waals surface area contributed by atoms with Crippen molar-refractivity contribution in [2.24, 2.45) is 4.99 Å². The van der Waals surface area contributed by atoms with Gasteiger partial charge in [0.05, 0.1) is 14.2 Å². The van der Waals surface area contributed by atoms with E-state index in [0.29, 0.717) is 6.54 Å². The van der Waals surface area contributed by atoms with Gasteiger partial charge in [0, 0.05) is 19.6 Å². The van der Waals surface area contributed by atoms with Crippen molar-refractivity contribution in [1.82, 2.24) is 10.6 Å². The third kappa shape index (κ3) is 8.07. The van der Waals surface area contributed by atoms with E-state index in [9.17, 15) is 0 Å². The quantitative estimate of drug-likeness (QED) is 0.325. The monoisotopic (exact) mass is 483 g/mol. The van der Waals surface area contributed by atoms with Crippen LogP contribution < -0.4 is 20.1 Å². The van der Waals surface area contributed by atoms with Gasteiger partial charge in [-0.05, 0) is 49.1 Å². The Kier molecular flexibility index (Phi) is 11.3. The van der Waals surface area contributed by atoms with Crippen molar-refractivity contribution in [3.8, 4) is 11.5 Å². The summed E-state index contributed by atoms with van der Waals surface area (Å²) < 4.78 is 10.6. The number of hydrogen-bond donors (Lipinski definition) is 2. The molecule has 6 heteroatoms. The fraction of sp³-hybridized carbons (Fsp3) is 0.381. The zero-order valence-corrected chi connectivity index (χ0v) is 18.7. The molecule has 2 rings (SSSR count). The summed E-state index contributed by atoms with van der Waals surface area (Å²) in [5.41, 5.74) is 2.44. The van der Waals surface area contributed by atoms with E-state index < -0.39 is 0 Å². The Labute approximate surface area is 179 Å². The maximum atomic E-state index is 5.39. The molecular formula is C21H30IN3O2. The van der Waals surface area contributed by atoms with Crippen molar-refractivity contribution in [1.29, 1.82) is 0 Å². The molecule has 2 N–H and O–H groups in total. The fourth-order valence-corrected chi connectivity index (χ4v) is 2.66. The lowest BCUT2D eigenvalue weighted by Gasteiger charge is -2.12. The van der Waals surface area contributed by atoms with Crippen molar-refractivity contribution in [3.05, 3.63) is 59.7 Å².